The molecule has 7 heteroatoms. The summed E-state index contributed by atoms with van der Waals surface area (Å²) in [5.74, 6) is -1.57. The number of aromatic carboxylic acids is 1. The molecule has 0 bridgehead atoms. The van der Waals surface area contributed by atoms with Crippen molar-refractivity contribution in [3.8, 4) is 0 Å². The maximum Gasteiger partial charge on any atom is 0.354 e. The van der Waals surface area contributed by atoms with Crippen LogP contribution in [0.4, 0.5) is 0 Å². The number of aliphatic hydroxyl groups is 1. The predicted molar refractivity (Wildman–Crippen MR) is 82.0 cm³/mol. The van der Waals surface area contributed by atoms with Crippen LogP contribution in [0.2, 0.25) is 0 Å². The van der Waals surface area contributed by atoms with Gasteiger partial charge in [-0.15, -0.1) is 0 Å². The van der Waals surface area contributed by atoms with Gasteiger partial charge in [-0.1, -0.05) is 0 Å². The lowest BCUT2D eigenvalue weighted by molar-refractivity contribution is -0.120. The molecule has 4 N–H and O–H groups in total. The number of carboxylic acids is 1. The van der Waals surface area contributed by atoms with Crippen molar-refractivity contribution < 1.29 is 19.8 Å². The van der Waals surface area contributed by atoms with E-state index in [4.69, 9.17) is 10.8 Å². The Morgan fingerprint density at radius 1 is 1.30 bits per heavy atom. The number of primary amides is 1. The Morgan fingerprint density at radius 3 is 2.61 bits per heavy atom. The van der Waals surface area contributed by atoms with Gasteiger partial charge in [-0.05, 0) is 37.3 Å². The molecule has 0 radical (unpaired) electrons. The Bertz CT molecular complexity index is 799. The van der Waals surface area contributed by atoms with E-state index in [-0.39, 0.29) is 12.3 Å². The zero-order valence-electron chi connectivity index (χ0n) is 12.5. The average Bonchev–Trinajstić information content (AvgIpc) is 3.33. The van der Waals surface area contributed by atoms with E-state index < -0.39 is 17.3 Å². The number of nitrogens with zero attached hydrogens (tertiary/aromatic N) is 2. The van der Waals surface area contributed by atoms with E-state index in [2.05, 4.69) is 9.97 Å². The zero-order valence-corrected chi connectivity index (χ0v) is 12.5. The quantitative estimate of drug-likeness (QED) is 0.722. The SMILES string of the molecule is NC(=O)C1(c2cncc3cc(CCCO)c(C(=O)O)nc23)CC1. The van der Waals surface area contributed by atoms with Crippen LogP contribution >= 0.6 is 0 Å². The fourth-order valence-electron chi connectivity index (χ4n) is 2.91. The summed E-state index contributed by atoms with van der Waals surface area (Å²) in [7, 11) is 0. The van der Waals surface area contributed by atoms with Crippen LogP contribution in [0.5, 0.6) is 0 Å². The maximum absolute atomic E-state index is 11.8. The monoisotopic (exact) mass is 315 g/mol. The van der Waals surface area contributed by atoms with Crippen LogP contribution in [0.15, 0.2) is 18.5 Å². The number of carbonyl (C=O) groups excluding carboxylic acids is 1. The lowest BCUT2D eigenvalue weighted by atomic mass is 9.93. The first-order chi connectivity index (χ1) is 11.0. The number of carboxylic acid groups (broad SMARTS) is 1. The number of hydrogen-bond donors (Lipinski definition) is 3. The average molecular weight is 315 g/mol. The van der Waals surface area contributed by atoms with E-state index in [1.165, 1.54) is 0 Å². The largest absolute Gasteiger partial charge is 0.477 e. The van der Waals surface area contributed by atoms with Crippen LogP contribution in [0.1, 0.15) is 40.9 Å². The topological polar surface area (TPSA) is 126 Å². The van der Waals surface area contributed by atoms with E-state index in [1.54, 1.807) is 18.5 Å². The Labute approximate surface area is 132 Å². The lowest BCUT2D eigenvalue weighted by Crippen LogP contribution is -2.29. The molecule has 1 saturated carbocycles. The van der Waals surface area contributed by atoms with Gasteiger partial charge >= 0.3 is 5.97 Å². The number of aliphatic hydroxyl groups excluding tert-OH is 1. The standard InChI is InChI=1S/C16H17N3O4/c17-15(23)16(3-4-16)11-8-18-7-10-6-9(2-1-5-20)13(14(21)22)19-12(10)11/h6-8,20H,1-5H2,(H2,17,23)(H,21,22). The normalized spacial score (nSPS) is 15.5. The Kier molecular flexibility index (Phi) is 3.73. The molecule has 0 aliphatic heterocycles. The molecule has 0 spiro atoms. The summed E-state index contributed by atoms with van der Waals surface area (Å²) in [5.41, 5.74) is 6.28. The molecule has 120 valence electrons. The van der Waals surface area contributed by atoms with Crippen molar-refractivity contribution in [3.05, 3.63) is 35.3 Å². The Morgan fingerprint density at radius 2 is 2.04 bits per heavy atom. The van der Waals surface area contributed by atoms with E-state index >= 15 is 0 Å². The van der Waals surface area contributed by atoms with Crippen molar-refractivity contribution in [1.29, 1.82) is 0 Å². The van der Waals surface area contributed by atoms with Gasteiger partial charge in [0.05, 0.1) is 10.9 Å². The molecular weight excluding hydrogens is 298 g/mol. The fraction of sp³-hybridized carbons (Fsp3) is 0.375. The number of amides is 1. The maximum atomic E-state index is 11.8. The van der Waals surface area contributed by atoms with Crippen molar-refractivity contribution in [2.24, 2.45) is 5.73 Å². The highest BCUT2D eigenvalue weighted by Gasteiger charge is 2.51. The fourth-order valence-corrected chi connectivity index (χ4v) is 2.91. The van der Waals surface area contributed by atoms with Crippen molar-refractivity contribution >= 4 is 22.8 Å². The second-order valence-corrected chi connectivity index (χ2v) is 5.83. The highest BCUT2D eigenvalue weighted by atomic mass is 16.4. The van der Waals surface area contributed by atoms with Gasteiger partial charge in [-0.2, -0.15) is 0 Å². The van der Waals surface area contributed by atoms with Crippen molar-refractivity contribution in [1.82, 2.24) is 9.97 Å². The van der Waals surface area contributed by atoms with Crippen molar-refractivity contribution in [2.45, 2.75) is 31.1 Å². The van der Waals surface area contributed by atoms with Gasteiger partial charge < -0.3 is 15.9 Å². The van der Waals surface area contributed by atoms with Crippen LogP contribution in [0, 0.1) is 0 Å². The summed E-state index contributed by atoms with van der Waals surface area (Å²) in [6.45, 7) is -0.0276. The lowest BCUT2D eigenvalue weighted by Gasteiger charge is -2.15. The van der Waals surface area contributed by atoms with Gasteiger partial charge in [0, 0.05) is 30.0 Å². The molecule has 1 amide bonds. The third-order valence-electron chi connectivity index (χ3n) is 4.35. The van der Waals surface area contributed by atoms with E-state index in [0.29, 0.717) is 47.7 Å². The number of hydrogen-bond acceptors (Lipinski definition) is 5. The van der Waals surface area contributed by atoms with Crippen LogP contribution in [-0.4, -0.2) is 38.7 Å². The predicted octanol–water partition coefficient (Wildman–Crippen LogP) is 0.770. The van der Waals surface area contributed by atoms with Crippen molar-refractivity contribution in [3.63, 3.8) is 0 Å². The second kappa shape index (κ2) is 5.58. The van der Waals surface area contributed by atoms with Gasteiger partial charge in [0.1, 0.15) is 0 Å². The number of aromatic nitrogens is 2. The van der Waals surface area contributed by atoms with E-state index in [1.807, 2.05) is 0 Å². The molecule has 0 saturated heterocycles. The van der Waals surface area contributed by atoms with Gasteiger partial charge in [0.25, 0.3) is 0 Å². The van der Waals surface area contributed by atoms with E-state index in [0.717, 1.165) is 0 Å². The smallest absolute Gasteiger partial charge is 0.354 e. The first-order valence-corrected chi connectivity index (χ1v) is 7.42. The highest BCUT2D eigenvalue weighted by Crippen LogP contribution is 2.49. The van der Waals surface area contributed by atoms with Crippen LogP contribution in [-0.2, 0) is 16.6 Å². The molecule has 2 aromatic rings. The number of pyridine rings is 2. The minimum Gasteiger partial charge on any atom is -0.477 e. The molecule has 0 atom stereocenters. The molecule has 23 heavy (non-hydrogen) atoms. The molecule has 1 fully saturated rings. The molecule has 0 aromatic carbocycles. The van der Waals surface area contributed by atoms with Crippen molar-refractivity contribution in [2.75, 3.05) is 6.61 Å². The summed E-state index contributed by atoms with van der Waals surface area (Å²) in [4.78, 5) is 31.7. The number of aryl methyl sites for hydroxylation is 1. The number of nitrogens with two attached hydrogens (primary N) is 1. The minimum atomic E-state index is -1.13. The highest BCUT2D eigenvalue weighted by molar-refractivity contribution is 5.97. The summed E-state index contributed by atoms with van der Waals surface area (Å²) in [6, 6.07) is 1.72. The summed E-state index contributed by atoms with van der Waals surface area (Å²) in [6.07, 6.45) is 5.25. The van der Waals surface area contributed by atoms with Gasteiger partial charge in [-0.25, -0.2) is 9.78 Å². The molecule has 0 unspecified atom stereocenters. The third kappa shape index (κ3) is 2.53. The molecule has 7 nitrogen and oxygen atoms in total. The first kappa shape index (κ1) is 15.4. The molecule has 3 rings (SSSR count). The number of carbonyl (C=O) groups is 2. The molecule has 1 aliphatic rings. The summed E-state index contributed by atoms with van der Waals surface area (Å²) >= 11 is 0. The Hall–Kier alpha value is -2.54. The third-order valence-corrected chi connectivity index (χ3v) is 4.35. The molecule has 2 aromatic heterocycles. The van der Waals surface area contributed by atoms with E-state index in [9.17, 15) is 14.7 Å². The molecule has 1 aliphatic carbocycles. The zero-order chi connectivity index (χ0) is 16.6. The van der Waals surface area contributed by atoms with Gasteiger partial charge in [0.2, 0.25) is 5.91 Å². The van der Waals surface area contributed by atoms with Crippen LogP contribution < -0.4 is 5.73 Å². The first-order valence-electron chi connectivity index (χ1n) is 7.42. The number of fused-ring (bicyclic) bond motifs is 1. The number of rotatable bonds is 6. The summed E-state index contributed by atoms with van der Waals surface area (Å²) < 4.78 is 0. The second-order valence-electron chi connectivity index (χ2n) is 5.83. The summed E-state index contributed by atoms with van der Waals surface area (Å²) in [5, 5.41) is 19.0. The molecule has 2 heterocycles. The Balaban J connectivity index is 2.20. The van der Waals surface area contributed by atoms with Crippen LogP contribution in [0.3, 0.4) is 0 Å². The van der Waals surface area contributed by atoms with Gasteiger partial charge in [-0.3, -0.25) is 9.78 Å². The van der Waals surface area contributed by atoms with Crippen LogP contribution in [0.25, 0.3) is 10.9 Å². The minimum absolute atomic E-state index is 0.0276. The van der Waals surface area contributed by atoms with Gasteiger partial charge in [0.15, 0.2) is 5.69 Å². The molecular formula is C16H17N3O4.